The van der Waals surface area contributed by atoms with Gasteiger partial charge < -0.3 is 10.4 Å². The minimum Gasteiger partial charge on any atom is -0.480 e. The Hall–Kier alpha value is -1.87. The van der Waals surface area contributed by atoms with Crippen LogP contribution in [0.2, 0.25) is 0 Å². The van der Waals surface area contributed by atoms with E-state index in [0.29, 0.717) is 6.54 Å². The van der Waals surface area contributed by atoms with Crippen LogP contribution in [0.15, 0.2) is 42.5 Å². The Labute approximate surface area is 106 Å². The van der Waals surface area contributed by atoms with Gasteiger partial charge in [0, 0.05) is 0 Å². The Balaban J connectivity index is 2.35. The Kier molecular flexibility index (Phi) is 3.95. The normalized spacial score (nSPS) is 12.5. The number of carboxylic acid groups (broad SMARTS) is 1. The summed E-state index contributed by atoms with van der Waals surface area (Å²) in [6, 6.07) is 13.1. The number of fused-ring (bicyclic) bond motifs is 1. The molecule has 0 amide bonds. The van der Waals surface area contributed by atoms with Gasteiger partial charge in [-0.2, -0.15) is 0 Å². The number of benzene rings is 2. The van der Waals surface area contributed by atoms with Crippen molar-refractivity contribution in [3.05, 3.63) is 48.0 Å². The highest BCUT2D eigenvalue weighted by molar-refractivity contribution is 5.85. The zero-order chi connectivity index (χ0) is 13.0. The van der Waals surface area contributed by atoms with E-state index in [2.05, 4.69) is 5.32 Å². The summed E-state index contributed by atoms with van der Waals surface area (Å²) in [5, 5.41) is 14.5. The molecular formula is C15H17NO2. The van der Waals surface area contributed by atoms with E-state index in [4.69, 9.17) is 0 Å². The topological polar surface area (TPSA) is 49.3 Å². The number of nitrogens with one attached hydrogen (secondary N) is 1. The molecule has 94 valence electrons. The maximum Gasteiger partial charge on any atom is 0.325 e. The second kappa shape index (κ2) is 5.65. The standard InChI is InChI=1S/C15H17NO2/c1-2-9-16-14(15(17)18)13-8-7-11-5-3-4-6-12(11)10-13/h3-8,10,14,16H,2,9H2,1H3,(H,17,18). The van der Waals surface area contributed by atoms with Gasteiger partial charge in [-0.3, -0.25) is 4.79 Å². The van der Waals surface area contributed by atoms with Crippen LogP contribution in [0, 0.1) is 0 Å². The van der Waals surface area contributed by atoms with Crippen LogP contribution < -0.4 is 5.32 Å². The van der Waals surface area contributed by atoms with Crippen molar-refractivity contribution in [2.75, 3.05) is 6.54 Å². The van der Waals surface area contributed by atoms with Gasteiger partial charge in [-0.15, -0.1) is 0 Å². The number of rotatable bonds is 5. The number of carbonyl (C=O) groups is 1. The third-order valence-electron chi connectivity index (χ3n) is 2.95. The molecular weight excluding hydrogens is 226 g/mol. The van der Waals surface area contributed by atoms with E-state index < -0.39 is 12.0 Å². The van der Waals surface area contributed by atoms with Crippen molar-refractivity contribution in [1.29, 1.82) is 0 Å². The van der Waals surface area contributed by atoms with Crippen LogP contribution in [0.25, 0.3) is 10.8 Å². The fourth-order valence-corrected chi connectivity index (χ4v) is 2.02. The van der Waals surface area contributed by atoms with Crippen molar-refractivity contribution < 1.29 is 9.90 Å². The molecule has 2 aromatic rings. The summed E-state index contributed by atoms with van der Waals surface area (Å²) in [6.45, 7) is 2.72. The van der Waals surface area contributed by atoms with E-state index >= 15 is 0 Å². The van der Waals surface area contributed by atoms with Crippen LogP contribution in [0.1, 0.15) is 24.9 Å². The van der Waals surface area contributed by atoms with Gasteiger partial charge in [0.15, 0.2) is 0 Å². The Bertz CT molecular complexity index is 551. The van der Waals surface area contributed by atoms with Crippen LogP contribution in [-0.4, -0.2) is 17.6 Å². The molecule has 3 nitrogen and oxygen atoms in total. The smallest absolute Gasteiger partial charge is 0.325 e. The lowest BCUT2D eigenvalue weighted by Gasteiger charge is -2.14. The molecule has 0 aromatic heterocycles. The molecule has 0 spiro atoms. The summed E-state index contributed by atoms with van der Waals surface area (Å²) < 4.78 is 0. The molecule has 0 heterocycles. The molecule has 0 saturated carbocycles. The number of hydrogen-bond acceptors (Lipinski definition) is 2. The van der Waals surface area contributed by atoms with Gasteiger partial charge in [0.25, 0.3) is 0 Å². The van der Waals surface area contributed by atoms with Gasteiger partial charge in [-0.1, -0.05) is 43.3 Å². The molecule has 1 unspecified atom stereocenters. The highest BCUT2D eigenvalue weighted by Gasteiger charge is 2.18. The van der Waals surface area contributed by atoms with Gasteiger partial charge in [-0.05, 0) is 35.4 Å². The Morgan fingerprint density at radius 1 is 1.22 bits per heavy atom. The van der Waals surface area contributed by atoms with Gasteiger partial charge in [-0.25, -0.2) is 0 Å². The van der Waals surface area contributed by atoms with Gasteiger partial charge >= 0.3 is 5.97 Å². The third-order valence-corrected chi connectivity index (χ3v) is 2.95. The Morgan fingerprint density at radius 2 is 1.94 bits per heavy atom. The lowest BCUT2D eigenvalue weighted by atomic mass is 10.0. The number of hydrogen-bond donors (Lipinski definition) is 2. The molecule has 0 aliphatic rings. The second-order valence-electron chi connectivity index (χ2n) is 4.33. The van der Waals surface area contributed by atoms with Crippen LogP contribution in [-0.2, 0) is 4.79 Å². The fraction of sp³-hybridized carbons (Fsp3) is 0.267. The summed E-state index contributed by atoms with van der Waals surface area (Å²) in [5.41, 5.74) is 0.801. The van der Waals surface area contributed by atoms with Crippen molar-refractivity contribution in [2.45, 2.75) is 19.4 Å². The first kappa shape index (κ1) is 12.6. The lowest BCUT2D eigenvalue weighted by Crippen LogP contribution is -2.28. The van der Waals surface area contributed by atoms with Gasteiger partial charge in [0.1, 0.15) is 6.04 Å². The molecule has 2 aromatic carbocycles. The van der Waals surface area contributed by atoms with Gasteiger partial charge in [0.05, 0.1) is 0 Å². The predicted octanol–water partition coefficient (Wildman–Crippen LogP) is 2.97. The van der Waals surface area contributed by atoms with E-state index in [1.807, 2.05) is 49.4 Å². The highest BCUT2D eigenvalue weighted by atomic mass is 16.4. The summed E-state index contributed by atoms with van der Waals surface area (Å²) in [6.07, 6.45) is 0.914. The van der Waals surface area contributed by atoms with E-state index in [9.17, 15) is 9.90 Å². The molecule has 3 heteroatoms. The molecule has 2 rings (SSSR count). The van der Waals surface area contributed by atoms with E-state index in [1.54, 1.807) is 0 Å². The average molecular weight is 243 g/mol. The van der Waals surface area contributed by atoms with Gasteiger partial charge in [0.2, 0.25) is 0 Å². The largest absolute Gasteiger partial charge is 0.480 e. The molecule has 18 heavy (non-hydrogen) atoms. The van der Waals surface area contributed by atoms with E-state index in [0.717, 1.165) is 22.8 Å². The fourth-order valence-electron chi connectivity index (χ4n) is 2.02. The summed E-state index contributed by atoms with van der Waals surface area (Å²) in [7, 11) is 0. The quantitative estimate of drug-likeness (QED) is 0.848. The van der Waals surface area contributed by atoms with Crippen LogP contribution >= 0.6 is 0 Å². The molecule has 0 bridgehead atoms. The van der Waals surface area contributed by atoms with Crippen LogP contribution in [0.5, 0.6) is 0 Å². The first-order valence-corrected chi connectivity index (χ1v) is 6.17. The summed E-state index contributed by atoms with van der Waals surface area (Å²) in [5.74, 6) is -0.835. The minimum absolute atomic E-state index is 0.630. The van der Waals surface area contributed by atoms with E-state index in [-0.39, 0.29) is 0 Å². The first-order chi connectivity index (χ1) is 8.72. The van der Waals surface area contributed by atoms with E-state index in [1.165, 1.54) is 0 Å². The predicted molar refractivity (Wildman–Crippen MR) is 72.6 cm³/mol. The molecule has 0 radical (unpaired) electrons. The molecule has 0 aliphatic carbocycles. The second-order valence-corrected chi connectivity index (χ2v) is 4.33. The minimum atomic E-state index is -0.835. The molecule has 0 aliphatic heterocycles. The van der Waals surface area contributed by atoms with Crippen LogP contribution in [0.4, 0.5) is 0 Å². The number of carboxylic acids is 1. The number of aliphatic carboxylic acids is 1. The van der Waals surface area contributed by atoms with Crippen molar-refractivity contribution in [3.8, 4) is 0 Å². The highest BCUT2D eigenvalue weighted by Crippen LogP contribution is 2.20. The summed E-state index contributed by atoms with van der Waals surface area (Å²) >= 11 is 0. The maximum absolute atomic E-state index is 11.3. The molecule has 1 atom stereocenters. The first-order valence-electron chi connectivity index (χ1n) is 6.17. The van der Waals surface area contributed by atoms with Crippen molar-refractivity contribution in [2.24, 2.45) is 0 Å². The average Bonchev–Trinajstić information content (AvgIpc) is 2.38. The van der Waals surface area contributed by atoms with Crippen molar-refractivity contribution in [3.63, 3.8) is 0 Å². The monoisotopic (exact) mass is 243 g/mol. The maximum atomic E-state index is 11.3. The Morgan fingerprint density at radius 3 is 2.61 bits per heavy atom. The molecule has 0 fully saturated rings. The van der Waals surface area contributed by atoms with Crippen molar-refractivity contribution >= 4 is 16.7 Å². The summed E-state index contributed by atoms with van der Waals surface area (Å²) in [4.78, 5) is 11.3. The molecule has 2 N–H and O–H groups in total. The van der Waals surface area contributed by atoms with Crippen LogP contribution in [0.3, 0.4) is 0 Å². The third kappa shape index (κ3) is 2.68. The van der Waals surface area contributed by atoms with Crippen molar-refractivity contribution in [1.82, 2.24) is 5.32 Å². The molecule has 0 saturated heterocycles. The SMILES string of the molecule is CCCNC(C(=O)O)c1ccc2ccccc2c1. The zero-order valence-electron chi connectivity index (χ0n) is 10.4. The zero-order valence-corrected chi connectivity index (χ0v) is 10.4. The lowest BCUT2D eigenvalue weighted by molar-refractivity contribution is -0.139.